The van der Waals surface area contributed by atoms with Gasteiger partial charge in [-0.2, -0.15) is 18.3 Å². The number of fused-ring (bicyclic) bond motifs is 1. The third-order valence-corrected chi connectivity index (χ3v) is 7.80. The summed E-state index contributed by atoms with van der Waals surface area (Å²) in [5.74, 6) is 1.59. The Morgan fingerprint density at radius 3 is 2.51 bits per heavy atom. The van der Waals surface area contributed by atoms with Gasteiger partial charge in [0, 0.05) is 24.5 Å². The van der Waals surface area contributed by atoms with Crippen LogP contribution in [0.3, 0.4) is 0 Å². The van der Waals surface area contributed by atoms with E-state index in [0.29, 0.717) is 59.3 Å². The highest BCUT2D eigenvalue weighted by Crippen LogP contribution is 2.46. The second-order valence-corrected chi connectivity index (χ2v) is 10.6. The third-order valence-electron chi connectivity index (χ3n) is 7.80. The molecule has 0 saturated carbocycles. The molecule has 1 atom stereocenters. The van der Waals surface area contributed by atoms with Crippen LogP contribution >= 0.6 is 0 Å². The Labute approximate surface area is 245 Å². The van der Waals surface area contributed by atoms with E-state index in [1.807, 2.05) is 19.2 Å². The minimum Gasteiger partial charge on any atom is -0.493 e. The first-order chi connectivity index (χ1) is 20.6. The predicted molar refractivity (Wildman–Crippen MR) is 153 cm³/mol. The zero-order chi connectivity index (χ0) is 30.4. The van der Waals surface area contributed by atoms with Crippen LogP contribution in [0.15, 0.2) is 67.3 Å². The average Bonchev–Trinajstić information content (AvgIpc) is 3.63. The Morgan fingerprint density at radius 2 is 1.81 bits per heavy atom. The minimum atomic E-state index is -4.49. The fourth-order valence-corrected chi connectivity index (χ4v) is 5.71. The quantitative estimate of drug-likeness (QED) is 0.201. The molecule has 4 heterocycles. The van der Waals surface area contributed by atoms with E-state index >= 15 is 4.39 Å². The molecule has 11 heteroatoms. The summed E-state index contributed by atoms with van der Waals surface area (Å²) in [7, 11) is 1.56. The highest BCUT2D eigenvalue weighted by atomic mass is 19.4. The van der Waals surface area contributed by atoms with E-state index in [2.05, 4.69) is 15.1 Å². The lowest BCUT2D eigenvalue weighted by Crippen LogP contribution is -2.38. The number of imidazole rings is 1. The van der Waals surface area contributed by atoms with Gasteiger partial charge in [-0.3, -0.25) is 4.57 Å². The molecule has 0 saturated heterocycles. The third kappa shape index (κ3) is 5.09. The van der Waals surface area contributed by atoms with Crippen molar-refractivity contribution >= 4 is 12.2 Å². The first-order valence-electron chi connectivity index (χ1n) is 13.7. The number of hydrogen-bond acceptors (Lipinski definition) is 5. The van der Waals surface area contributed by atoms with Crippen molar-refractivity contribution in [2.75, 3.05) is 7.11 Å². The van der Waals surface area contributed by atoms with E-state index in [4.69, 9.17) is 9.72 Å². The fourth-order valence-electron chi connectivity index (χ4n) is 5.71. The van der Waals surface area contributed by atoms with E-state index < -0.39 is 23.0 Å². The van der Waals surface area contributed by atoms with Crippen molar-refractivity contribution in [1.82, 2.24) is 29.3 Å². The lowest BCUT2D eigenvalue weighted by molar-refractivity contribution is -0.137. The molecular formula is C32H28F4N6O. The number of alkyl halides is 3. The van der Waals surface area contributed by atoms with Crippen molar-refractivity contribution in [3.05, 3.63) is 118 Å². The molecule has 3 aromatic heterocycles. The van der Waals surface area contributed by atoms with Crippen molar-refractivity contribution in [2.24, 2.45) is 0 Å². The molecule has 0 N–H and O–H groups in total. The largest absolute Gasteiger partial charge is 0.493 e. The van der Waals surface area contributed by atoms with Gasteiger partial charge >= 0.3 is 6.18 Å². The molecule has 7 nitrogen and oxygen atoms in total. The van der Waals surface area contributed by atoms with Gasteiger partial charge < -0.3 is 4.74 Å². The number of hydrogen-bond donors (Lipinski definition) is 0. The van der Waals surface area contributed by atoms with Gasteiger partial charge in [-0.05, 0) is 73.7 Å². The summed E-state index contributed by atoms with van der Waals surface area (Å²) in [4.78, 5) is 13.6. The maximum atomic E-state index is 15.8. The number of halogens is 4. The molecule has 1 aliphatic rings. The van der Waals surface area contributed by atoms with Crippen molar-refractivity contribution < 1.29 is 22.3 Å². The van der Waals surface area contributed by atoms with Gasteiger partial charge in [0.15, 0.2) is 17.4 Å². The number of benzene rings is 2. The lowest BCUT2D eigenvalue weighted by atomic mass is 9.68. The summed E-state index contributed by atoms with van der Waals surface area (Å²) in [5, 5.41) is 4.68. The molecule has 0 bridgehead atoms. The van der Waals surface area contributed by atoms with Gasteiger partial charge in [0.25, 0.3) is 0 Å². The van der Waals surface area contributed by atoms with Gasteiger partial charge in [0.05, 0.1) is 23.8 Å². The van der Waals surface area contributed by atoms with Crippen LogP contribution in [0.2, 0.25) is 0 Å². The molecule has 0 spiro atoms. The number of nitrogens with zero attached hydrogens (tertiary/aromatic N) is 6. The first kappa shape index (κ1) is 28.3. The number of methoxy groups -OCH3 is 1. The van der Waals surface area contributed by atoms with E-state index in [1.54, 1.807) is 66.2 Å². The molecule has 0 amide bonds. The summed E-state index contributed by atoms with van der Waals surface area (Å²) < 4.78 is 65.1. The van der Waals surface area contributed by atoms with Gasteiger partial charge in [-0.15, -0.1) is 0 Å². The van der Waals surface area contributed by atoms with Crippen molar-refractivity contribution in [2.45, 2.75) is 44.8 Å². The van der Waals surface area contributed by atoms with Crippen molar-refractivity contribution in [1.29, 1.82) is 0 Å². The van der Waals surface area contributed by atoms with Crippen LogP contribution in [-0.4, -0.2) is 36.4 Å². The summed E-state index contributed by atoms with van der Waals surface area (Å²) in [6.07, 6.45) is 5.32. The smallest absolute Gasteiger partial charge is 0.416 e. The van der Waals surface area contributed by atoms with Crippen LogP contribution in [0.4, 0.5) is 17.6 Å². The molecule has 5 aromatic rings. The standard InChI is InChI=1S/C32H28F4N6O/c1-20-6-4-7-25(28(20)33)31(23-9-11-24(12-10-23)32(34,35)36)14-5-15-42-30(31)39-27(40-42)13-8-22-16-26(43-3)29(37-17-22)41-18-21(2)38-19-41/h4,6-13,16-19H,5,14-15H2,1-3H3. The highest BCUT2D eigenvalue weighted by Gasteiger charge is 2.45. The number of pyridine rings is 1. The number of rotatable bonds is 6. The van der Waals surface area contributed by atoms with Gasteiger partial charge in [-0.1, -0.05) is 30.3 Å². The maximum Gasteiger partial charge on any atom is 0.416 e. The van der Waals surface area contributed by atoms with Crippen LogP contribution < -0.4 is 4.74 Å². The average molecular weight is 589 g/mol. The maximum absolute atomic E-state index is 15.8. The molecule has 1 aliphatic heterocycles. The normalized spacial score (nSPS) is 16.9. The Morgan fingerprint density at radius 1 is 1.02 bits per heavy atom. The van der Waals surface area contributed by atoms with E-state index in [-0.39, 0.29) is 0 Å². The lowest BCUT2D eigenvalue weighted by Gasteiger charge is -2.38. The Bertz CT molecular complexity index is 1820. The van der Waals surface area contributed by atoms with Crippen LogP contribution in [-0.2, 0) is 18.1 Å². The van der Waals surface area contributed by atoms with Gasteiger partial charge in [0.1, 0.15) is 18.0 Å². The monoisotopic (exact) mass is 588 g/mol. The molecule has 43 heavy (non-hydrogen) atoms. The summed E-state index contributed by atoms with van der Waals surface area (Å²) in [6.45, 7) is 4.10. The van der Waals surface area contributed by atoms with Crippen molar-refractivity contribution in [3.63, 3.8) is 0 Å². The molecular weight excluding hydrogens is 560 g/mol. The topological polar surface area (TPSA) is 70.7 Å². The Hall–Kier alpha value is -4.80. The molecule has 2 aromatic carbocycles. The first-order valence-corrected chi connectivity index (χ1v) is 13.7. The van der Waals surface area contributed by atoms with Gasteiger partial charge in [0.2, 0.25) is 0 Å². The second-order valence-electron chi connectivity index (χ2n) is 10.6. The van der Waals surface area contributed by atoms with E-state index in [9.17, 15) is 13.2 Å². The zero-order valence-corrected chi connectivity index (χ0v) is 23.7. The molecule has 0 radical (unpaired) electrons. The number of ether oxygens (including phenoxy) is 1. The Balaban J connectivity index is 1.42. The summed E-state index contributed by atoms with van der Waals surface area (Å²) in [6, 6.07) is 11.9. The van der Waals surface area contributed by atoms with Crippen LogP contribution in [0, 0.1) is 19.7 Å². The van der Waals surface area contributed by atoms with Crippen LogP contribution in [0.1, 0.15) is 58.0 Å². The second kappa shape index (κ2) is 10.8. The number of aromatic nitrogens is 6. The minimum absolute atomic E-state index is 0.357. The molecule has 220 valence electrons. The van der Waals surface area contributed by atoms with Gasteiger partial charge in [-0.25, -0.2) is 24.0 Å². The molecule has 0 aliphatic carbocycles. The van der Waals surface area contributed by atoms with Crippen LogP contribution in [0.25, 0.3) is 18.0 Å². The van der Waals surface area contributed by atoms with Crippen molar-refractivity contribution in [3.8, 4) is 11.6 Å². The van der Waals surface area contributed by atoms with E-state index in [1.165, 1.54) is 12.1 Å². The Kier molecular flexibility index (Phi) is 7.11. The summed E-state index contributed by atoms with van der Waals surface area (Å²) >= 11 is 0. The zero-order valence-electron chi connectivity index (χ0n) is 23.7. The summed E-state index contributed by atoms with van der Waals surface area (Å²) in [5.41, 5.74) is 1.01. The molecule has 1 unspecified atom stereocenters. The predicted octanol–water partition coefficient (Wildman–Crippen LogP) is 6.94. The highest BCUT2D eigenvalue weighted by molar-refractivity contribution is 5.68. The van der Waals surface area contributed by atoms with Crippen LogP contribution in [0.5, 0.6) is 5.75 Å². The fraction of sp³-hybridized carbons (Fsp3) is 0.250. The number of aryl methyl sites for hydroxylation is 3. The SMILES string of the molecule is COc1cc(C=Cc2nc3n(n2)CCCC3(c2ccc(C(F)(F)F)cc2)c2cccc(C)c2F)cnc1-n1cnc(C)c1. The molecule has 0 fully saturated rings. The van der Waals surface area contributed by atoms with E-state index in [0.717, 1.165) is 23.4 Å². The molecule has 6 rings (SSSR count).